The Kier molecular flexibility index (Phi) is 5.01. The van der Waals surface area contributed by atoms with Crippen molar-refractivity contribution in [2.75, 3.05) is 19.8 Å². The number of rotatable bonds is 7. The van der Waals surface area contributed by atoms with Crippen molar-refractivity contribution in [2.45, 2.75) is 56.9 Å². The molecule has 0 radical (unpaired) electrons. The van der Waals surface area contributed by atoms with Gasteiger partial charge in [-0.3, -0.25) is 4.79 Å². The average molecular weight is 254 g/mol. The highest BCUT2D eigenvalue weighted by molar-refractivity contribution is 5.77. The maximum atomic E-state index is 11.8. The van der Waals surface area contributed by atoms with E-state index in [1.54, 1.807) is 0 Å². The molecule has 0 aromatic heterocycles. The van der Waals surface area contributed by atoms with Gasteiger partial charge in [0.2, 0.25) is 5.91 Å². The SMILES string of the molecule is NC1(CC(=O)NCCOCC2CC2)CCCCC1. The third-order valence-electron chi connectivity index (χ3n) is 3.98. The monoisotopic (exact) mass is 254 g/mol. The lowest BCUT2D eigenvalue weighted by molar-refractivity contribution is -0.122. The van der Waals surface area contributed by atoms with Gasteiger partial charge >= 0.3 is 0 Å². The summed E-state index contributed by atoms with van der Waals surface area (Å²) in [5.74, 6) is 0.865. The number of carbonyl (C=O) groups is 1. The van der Waals surface area contributed by atoms with Crippen molar-refractivity contribution in [2.24, 2.45) is 11.7 Å². The number of ether oxygens (including phenoxy) is 1. The molecule has 0 atom stereocenters. The van der Waals surface area contributed by atoms with E-state index in [1.165, 1.54) is 19.3 Å². The zero-order valence-electron chi connectivity index (χ0n) is 11.2. The minimum absolute atomic E-state index is 0.0782. The first kappa shape index (κ1) is 13.8. The minimum Gasteiger partial charge on any atom is -0.379 e. The van der Waals surface area contributed by atoms with Gasteiger partial charge in [0, 0.05) is 25.1 Å². The van der Waals surface area contributed by atoms with Gasteiger partial charge in [-0.25, -0.2) is 0 Å². The normalized spacial score (nSPS) is 22.7. The first-order chi connectivity index (χ1) is 8.68. The zero-order valence-corrected chi connectivity index (χ0v) is 11.2. The molecular formula is C14H26N2O2. The Bertz CT molecular complexity index is 271. The number of carbonyl (C=O) groups excluding carboxylic acids is 1. The minimum atomic E-state index is -0.253. The van der Waals surface area contributed by atoms with Crippen LogP contribution in [0.5, 0.6) is 0 Å². The molecule has 2 aliphatic rings. The molecule has 0 aromatic rings. The Morgan fingerprint density at radius 3 is 2.67 bits per heavy atom. The Balaban J connectivity index is 1.53. The van der Waals surface area contributed by atoms with Crippen molar-refractivity contribution < 1.29 is 9.53 Å². The van der Waals surface area contributed by atoms with Crippen LogP contribution < -0.4 is 11.1 Å². The van der Waals surface area contributed by atoms with Crippen molar-refractivity contribution in [3.63, 3.8) is 0 Å². The Hall–Kier alpha value is -0.610. The van der Waals surface area contributed by atoms with E-state index in [9.17, 15) is 4.79 Å². The first-order valence-corrected chi connectivity index (χ1v) is 7.31. The first-order valence-electron chi connectivity index (χ1n) is 7.31. The molecule has 0 heterocycles. The van der Waals surface area contributed by atoms with E-state index < -0.39 is 0 Å². The van der Waals surface area contributed by atoms with E-state index in [0.29, 0.717) is 19.6 Å². The highest BCUT2D eigenvalue weighted by Crippen LogP contribution is 2.29. The third kappa shape index (κ3) is 4.94. The third-order valence-corrected chi connectivity index (χ3v) is 3.98. The van der Waals surface area contributed by atoms with Gasteiger partial charge in [-0.05, 0) is 31.6 Å². The van der Waals surface area contributed by atoms with Crippen LogP contribution in [0.1, 0.15) is 51.4 Å². The summed E-state index contributed by atoms with van der Waals surface area (Å²) in [6, 6.07) is 0. The van der Waals surface area contributed by atoms with Crippen LogP contribution in [0.25, 0.3) is 0 Å². The van der Waals surface area contributed by atoms with Crippen molar-refractivity contribution in [1.29, 1.82) is 0 Å². The van der Waals surface area contributed by atoms with Crippen LogP contribution in [0.4, 0.5) is 0 Å². The largest absolute Gasteiger partial charge is 0.379 e. The maximum Gasteiger partial charge on any atom is 0.221 e. The lowest BCUT2D eigenvalue weighted by atomic mass is 9.80. The molecule has 2 fully saturated rings. The Morgan fingerprint density at radius 1 is 1.28 bits per heavy atom. The average Bonchev–Trinajstić information content (AvgIpc) is 3.13. The van der Waals surface area contributed by atoms with Gasteiger partial charge in [-0.15, -0.1) is 0 Å². The molecule has 2 aliphatic carbocycles. The predicted molar refractivity (Wildman–Crippen MR) is 71.2 cm³/mol. The van der Waals surface area contributed by atoms with Gasteiger partial charge in [0.25, 0.3) is 0 Å². The van der Waals surface area contributed by atoms with Crippen LogP contribution >= 0.6 is 0 Å². The number of nitrogens with two attached hydrogens (primary N) is 1. The quantitative estimate of drug-likeness (QED) is 0.678. The van der Waals surface area contributed by atoms with Crippen molar-refractivity contribution in [3.8, 4) is 0 Å². The fourth-order valence-electron chi connectivity index (χ4n) is 2.61. The summed E-state index contributed by atoms with van der Waals surface area (Å²) in [7, 11) is 0. The van der Waals surface area contributed by atoms with Gasteiger partial charge in [0.15, 0.2) is 0 Å². The molecule has 3 N–H and O–H groups in total. The lowest BCUT2D eigenvalue weighted by Crippen LogP contribution is -2.46. The molecule has 4 heteroatoms. The molecule has 0 aliphatic heterocycles. The molecular weight excluding hydrogens is 228 g/mol. The highest BCUT2D eigenvalue weighted by Gasteiger charge is 2.29. The topological polar surface area (TPSA) is 64.4 Å². The van der Waals surface area contributed by atoms with Crippen molar-refractivity contribution >= 4 is 5.91 Å². The molecule has 0 bridgehead atoms. The summed E-state index contributed by atoms with van der Waals surface area (Å²) in [6.07, 6.45) is 8.63. The van der Waals surface area contributed by atoms with Crippen LogP contribution in [0, 0.1) is 5.92 Å². The molecule has 18 heavy (non-hydrogen) atoms. The van der Waals surface area contributed by atoms with E-state index in [-0.39, 0.29) is 11.4 Å². The fraction of sp³-hybridized carbons (Fsp3) is 0.929. The number of hydrogen-bond acceptors (Lipinski definition) is 3. The van der Waals surface area contributed by atoms with Crippen LogP contribution in [0.3, 0.4) is 0 Å². The van der Waals surface area contributed by atoms with E-state index in [2.05, 4.69) is 5.32 Å². The van der Waals surface area contributed by atoms with E-state index in [0.717, 1.165) is 38.2 Å². The van der Waals surface area contributed by atoms with E-state index >= 15 is 0 Å². The van der Waals surface area contributed by atoms with Crippen molar-refractivity contribution in [1.82, 2.24) is 5.32 Å². The Morgan fingerprint density at radius 2 is 2.00 bits per heavy atom. The van der Waals surface area contributed by atoms with Gasteiger partial charge in [-0.1, -0.05) is 19.3 Å². The predicted octanol–water partition coefficient (Wildman–Crippen LogP) is 1.58. The van der Waals surface area contributed by atoms with Gasteiger partial charge in [0.1, 0.15) is 0 Å². The van der Waals surface area contributed by atoms with Crippen LogP contribution in [-0.2, 0) is 9.53 Å². The summed E-state index contributed by atoms with van der Waals surface area (Å²) in [4.78, 5) is 11.8. The zero-order chi connectivity index (χ0) is 12.8. The van der Waals surface area contributed by atoms with Crippen molar-refractivity contribution in [3.05, 3.63) is 0 Å². The molecule has 0 spiro atoms. The van der Waals surface area contributed by atoms with Crippen LogP contribution in [0.2, 0.25) is 0 Å². The van der Waals surface area contributed by atoms with E-state index in [4.69, 9.17) is 10.5 Å². The van der Waals surface area contributed by atoms with Gasteiger partial charge < -0.3 is 15.8 Å². The fourth-order valence-corrected chi connectivity index (χ4v) is 2.61. The highest BCUT2D eigenvalue weighted by atomic mass is 16.5. The summed E-state index contributed by atoms with van der Waals surface area (Å²) >= 11 is 0. The second-order valence-electron chi connectivity index (χ2n) is 5.97. The van der Waals surface area contributed by atoms with E-state index in [1.807, 2.05) is 0 Å². The van der Waals surface area contributed by atoms with Gasteiger partial charge in [0.05, 0.1) is 6.61 Å². The molecule has 0 unspecified atom stereocenters. The molecule has 1 amide bonds. The molecule has 104 valence electrons. The molecule has 2 rings (SSSR count). The molecule has 2 saturated carbocycles. The standard InChI is InChI=1S/C14H26N2O2/c15-14(6-2-1-3-7-14)10-13(17)16-8-9-18-11-12-4-5-12/h12H,1-11,15H2,(H,16,17). The smallest absolute Gasteiger partial charge is 0.221 e. The second-order valence-corrected chi connectivity index (χ2v) is 5.97. The number of amides is 1. The molecule has 0 aromatic carbocycles. The van der Waals surface area contributed by atoms with Gasteiger partial charge in [-0.2, -0.15) is 0 Å². The summed E-state index contributed by atoms with van der Waals surface area (Å²) in [5, 5.41) is 2.91. The van der Waals surface area contributed by atoms with Crippen LogP contribution in [0.15, 0.2) is 0 Å². The summed E-state index contributed by atoms with van der Waals surface area (Å²) in [5.41, 5.74) is 5.99. The summed E-state index contributed by atoms with van der Waals surface area (Å²) in [6.45, 7) is 2.10. The summed E-state index contributed by atoms with van der Waals surface area (Å²) < 4.78 is 5.48. The Labute approximate surface area is 110 Å². The maximum absolute atomic E-state index is 11.8. The molecule has 4 nitrogen and oxygen atoms in total. The number of hydrogen-bond donors (Lipinski definition) is 2. The number of nitrogens with one attached hydrogen (secondary N) is 1. The second kappa shape index (κ2) is 6.53. The lowest BCUT2D eigenvalue weighted by Gasteiger charge is -2.32. The van der Waals surface area contributed by atoms with Crippen LogP contribution in [-0.4, -0.2) is 31.2 Å². The molecule has 0 saturated heterocycles.